The lowest BCUT2D eigenvalue weighted by Gasteiger charge is -2.29. The summed E-state index contributed by atoms with van der Waals surface area (Å²) in [5.74, 6) is 0.297. The molecule has 3 heteroatoms. The van der Waals surface area contributed by atoms with E-state index in [9.17, 15) is 5.11 Å². The summed E-state index contributed by atoms with van der Waals surface area (Å²) in [6.45, 7) is 13.2. The number of aliphatic hydroxyl groups is 1. The molecule has 0 aromatic heterocycles. The maximum absolute atomic E-state index is 9.78. The van der Waals surface area contributed by atoms with Gasteiger partial charge in [0.2, 0.25) is 0 Å². The van der Waals surface area contributed by atoms with Crippen LogP contribution < -0.4 is 5.32 Å². The molecule has 1 fully saturated rings. The van der Waals surface area contributed by atoms with E-state index in [-0.39, 0.29) is 17.3 Å². The van der Waals surface area contributed by atoms with Crippen molar-refractivity contribution in [2.75, 3.05) is 6.54 Å². The van der Waals surface area contributed by atoms with E-state index >= 15 is 0 Å². The predicted octanol–water partition coefficient (Wildman–Crippen LogP) is 1.94. The Labute approximate surface area is 99.6 Å². The van der Waals surface area contributed by atoms with Gasteiger partial charge in [-0.05, 0) is 40.0 Å². The molecule has 2 unspecified atom stereocenters. The zero-order valence-electron chi connectivity index (χ0n) is 11.5. The number of hydrogen-bond donors (Lipinski definition) is 2. The minimum absolute atomic E-state index is 0.0655. The summed E-state index contributed by atoms with van der Waals surface area (Å²) in [7, 11) is 0. The second kappa shape index (κ2) is 4.63. The van der Waals surface area contributed by atoms with Gasteiger partial charge in [0.05, 0.1) is 17.3 Å². The molecule has 0 aromatic rings. The fraction of sp³-hybridized carbons (Fsp3) is 1.00. The lowest BCUT2D eigenvalue weighted by Crippen LogP contribution is -2.46. The first-order chi connectivity index (χ1) is 7.14. The minimum Gasteiger partial charge on any atom is -0.392 e. The third kappa shape index (κ3) is 3.44. The molecule has 16 heavy (non-hydrogen) atoms. The first-order valence-corrected chi connectivity index (χ1v) is 6.26. The number of nitrogens with one attached hydrogen (secondary N) is 1. The fourth-order valence-corrected chi connectivity index (χ4v) is 2.38. The summed E-state index contributed by atoms with van der Waals surface area (Å²) in [5.41, 5.74) is -0.218. The third-order valence-corrected chi connectivity index (χ3v) is 3.42. The van der Waals surface area contributed by atoms with Crippen LogP contribution in [0.2, 0.25) is 0 Å². The number of hydrogen-bond acceptors (Lipinski definition) is 3. The molecule has 2 N–H and O–H groups in total. The monoisotopic (exact) mass is 229 g/mol. The van der Waals surface area contributed by atoms with Gasteiger partial charge in [0.1, 0.15) is 0 Å². The molecule has 3 nitrogen and oxygen atoms in total. The highest BCUT2D eigenvalue weighted by molar-refractivity contribution is 4.99. The molecule has 0 saturated carbocycles. The van der Waals surface area contributed by atoms with Gasteiger partial charge >= 0.3 is 0 Å². The molecule has 1 rings (SSSR count). The van der Waals surface area contributed by atoms with Gasteiger partial charge in [-0.3, -0.25) is 0 Å². The van der Waals surface area contributed by atoms with E-state index in [0.717, 1.165) is 6.42 Å². The first kappa shape index (κ1) is 13.9. The third-order valence-electron chi connectivity index (χ3n) is 3.42. The van der Waals surface area contributed by atoms with Crippen molar-refractivity contribution in [3.8, 4) is 0 Å². The van der Waals surface area contributed by atoms with Crippen LogP contribution in [0.4, 0.5) is 0 Å². The number of ether oxygens (including phenoxy) is 1. The van der Waals surface area contributed by atoms with E-state index in [1.54, 1.807) is 0 Å². The van der Waals surface area contributed by atoms with E-state index < -0.39 is 0 Å². The van der Waals surface area contributed by atoms with Crippen molar-refractivity contribution >= 4 is 0 Å². The average Bonchev–Trinajstić information content (AvgIpc) is 2.29. The molecular formula is C13H27NO2. The molecule has 1 saturated heterocycles. The number of aliphatic hydroxyl groups excluding tert-OH is 1. The predicted molar refractivity (Wildman–Crippen MR) is 66.5 cm³/mol. The van der Waals surface area contributed by atoms with Crippen LogP contribution in [0, 0.1) is 5.92 Å². The maximum Gasteiger partial charge on any atom is 0.0787 e. The van der Waals surface area contributed by atoms with Crippen LogP contribution in [0.5, 0.6) is 0 Å². The lowest BCUT2D eigenvalue weighted by molar-refractivity contribution is -0.0703. The summed E-state index contributed by atoms with van der Waals surface area (Å²) in [4.78, 5) is 0. The van der Waals surface area contributed by atoms with Crippen molar-refractivity contribution in [2.45, 2.75) is 71.3 Å². The molecule has 2 atom stereocenters. The molecule has 0 spiro atoms. The second-order valence-corrected chi connectivity index (χ2v) is 6.44. The summed E-state index contributed by atoms with van der Waals surface area (Å²) in [6.07, 6.45) is 0.713. The summed E-state index contributed by atoms with van der Waals surface area (Å²) in [6, 6.07) is 0.316. The summed E-state index contributed by atoms with van der Waals surface area (Å²) < 4.78 is 6.00. The standard InChI is InChI=1S/C13H27NO2/c1-9(2)10(15)8-14-11-7-12(3,4)16-13(11,5)6/h9-11,14-15H,7-8H2,1-6H3. The van der Waals surface area contributed by atoms with Gasteiger partial charge in [-0.15, -0.1) is 0 Å². The normalized spacial score (nSPS) is 29.6. The van der Waals surface area contributed by atoms with Gasteiger partial charge in [0.25, 0.3) is 0 Å². The highest BCUT2D eigenvalue weighted by atomic mass is 16.5. The highest BCUT2D eigenvalue weighted by Crippen LogP contribution is 2.37. The minimum atomic E-state index is -0.278. The molecular weight excluding hydrogens is 202 g/mol. The number of rotatable bonds is 4. The zero-order chi connectivity index (χ0) is 12.6. The van der Waals surface area contributed by atoms with E-state index in [0.29, 0.717) is 18.5 Å². The smallest absolute Gasteiger partial charge is 0.0787 e. The average molecular weight is 229 g/mol. The molecule has 1 heterocycles. The van der Waals surface area contributed by atoms with Gasteiger partial charge in [0.15, 0.2) is 0 Å². The molecule has 0 aromatic carbocycles. The van der Waals surface area contributed by atoms with Crippen LogP contribution in [0.3, 0.4) is 0 Å². The molecule has 0 aliphatic carbocycles. The van der Waals surface area contributed by atoms with Crippen LogP contribution in [-0.4, -0.2) is 35.0 Å². The fourth-order valence-electron chi connectivity index (χ4n) is 2.38. The van der Waals surface area contributed by atoms with Crippen LogP contribution in [0.25, 0.3) is 0 Å². The Balaban J connectivity index is 2.49. The summed E-state index contributed by atoms with van der Waals surface area (Å²) >= 11 is 0. The Bertz CT molecular complexity index is 236. The Morgan fingerprint density at radius 2 is 1.88 bits per heavy atom. The molecule has 0 radical (unpaired) electrons. The van der Waals surface area contributed by atoms with E-state index in [4.69, 9.17) is 4.74 Å². The Morgan fingerprint density at radius 1 is 1.31 bits per heavy atom. The van der Waals surface area contributed by atoms with Crippen molar-refractivity contribution in [2.24, 2.45) is 5.92 Å². The van der Waals surface area contributed by atoms with Gasteiger partial charge in [-0.2, -0.15) is 0 Å². The Hall–Kier alpha value is -0.120. The van der Waals surface area contributed by atoms with Gasteiger partial charge in [-0.1, -0.05) is 13.8 Å². The molecule has 0 amide bonds. The van der Waals surface area contributed by atoms with Crippen LogP contribution in [0.1, 0.15) is 48.0 Å². The highest BCUT2D eigenvalue weighted by Gasteiger charge is 2.45. The van der Waals surface area contributed by atoms with Crippen molar-refractivity contribution < 1.29 is 9.84 Å². The SMILES string of the molecule is CC(C)C(O)CNC1CC(C)(C)OC1(C)C. The van der Waals surface area contributed by atoms with Gasteiger partial charge in [0, 0.05) is 12.6 Å². The molecule has 0 bridgehead atoms. The Morgan fingerprint density at radius 3 is 2.25 bits per heavy atom. The quantitative estimate of drug-likeness (QED) is 0.774. The molecule has 96 valence electrons. The Kier molecular flexibility index (Phi) is 4.04. The topological polar surface area (TPSA) is 41.5 Å². The van der Waals surface area contributed by atoms with Crippen LogP contribution in [0.15, 0.2) is 0 Å². The maximum atomic E-state index is 9.78. The van der Waals surface area contributed by atoms with Gasteiger partial charge in [-0.25, -0.2) is 0 Å². The van der Waals surface area contributed by atoms with E-state index in [2.05, 4.69) is 33.0 Å². The van der Waals surface area contributed by atoms with Crippen molar-refractivity contribution in [1.29, 1.82) is 0 Å². The molecule has 1 aliphatic heterocycles. The largest absolute Gasteiger partial charge is 0.392 e. The van der Waals surface area contributed by atoms with Crippen molar-refractivity contribution in [3.05, 3.63) is 0 Å². The zero-order valence-corrected chi connectivity index (χ0v) is 11.5. The summed E-state index contributed by atoms with van der Waals surface area (Å²) in [5, 5.41) is 13.2. The van der Waals surface area contributed by atoms with E-state index in [1.807, 2.05) is 13.8 Å². The second-order valence-electron chi connectivity index (χ2n) is 6.44. The van der Waals surface area contributed by atoms with E-state index in [1.165, 1.54) is 0 Å². The lowest BCUT2D eigenvalue weighted by atomic mass is 9.94. The first-order valence-electron chi connectivity index (χ1n) is 6.26. The van der Waals surface area contributed by atoms with Crippen molar-refractivity contribution in [3.63, 3.8) is 0 Å². The molecule has 1 aliphatic rings. The van der Waals surface area contributed by atoms with Crippen LogP contribution >= 0.6 is 0 Å². The van der Waals surface area contributed by atoms with Gasteiger partial charge < -0.3 is 15.2 Å². The van der Waals surface area contributed by atoms with Crippen LogP contribution in [-0.2, 0) is 4.74 Å². The van der Waals surface area contributed by atoms with Crippen molar-refractivity contribution in [1.82, 2.24) is 5.32 Å².